The van der Waals surface area contributed by atoms with Gasteiger partial charge in [0, 0.05) is 23.2 Å². The van der Waals surface area contributed by atoms with Crippen LogP contribution in [-0.4, -0.2) is 44.3 Å². The number of fused-ring (bicyclic) bond motifs is 1. The fourth-order valence-corrected chi connectivity index (χ4v) is 5.81. The molecule has 174 valence electrons. The first-order chi connectivity index (χ1) is 16.4. The lowest BCUT2D eigenvalue weighted by Gasteiger charge is -2.11. The van der Waals surface area contributed by atoms with E-state index in [1.54, 1.807) is 16.8 Å². The van der Waals surface area contributed by atoms with E-state index in [9.17, 15) is 13.2 Å². The van der Waals surface area contributed by atoms with E-state index in [0.29, 0.717) is 28.1 Å². The average Bonchev–Trinajstić information content (AvgIpc) is 3.72. The summed E-state index contributed by atoms with van der Waals surface area (Å²) in [5.41, 5.74) is 3.34. The van der Waals surface area contributed by atoms with Crippen molar-refractivity contribution in [2.75, 3.05) is 5.32 Å². The molecule has 9 nitrogen and oxygen atoms in total. The summed E-state index contributed by atoms with van der Waals surface area (Å²) >= 11 is 0. The topological polar surface area (TPSA) is 125 Å². The molecule has 1 aromatic carbocycles. The summed E-state index contributed by atoms with van der Waals surface area (Å²) in [5.74, 6) is 0.857. The van der Waals surface area contributed by atoms with Crippen molar-refractivity contribution in [1.82, 2.24) is 24.6 Å². The molecule has 0 radical (unpaired) electrons. The standard InChI is InChI=1S/C24H24N6O3S/c1-14-20(29-24(31)26-14)10-17-12-25-30-22(27-18-5-6-18)11-21(28-23(17)30)16-4-2-3-15(9-16)13-34(32,33)19-7-8-19/h2-4,9-12,18-19,27H,1,5-8,13H2,(H2,26,29,31)/b20-10-. The summed E-state index contributed by atoms with van der Waals surface area (Å²) in [6.45, 7) is 3.86. The summed E-state index contributed by atoms with van der Waals surface area (Å²) in [6.07, 6.45) is 7.22. The molecule has 34 heavy (non-hydrogen) atoms. The zero-order valence-electron chi connectivity index (χ0n) is 18.4. The maximum atomic E-state index is 12.5. The van der Waals surface area contributed by atoms with E-state index in [1.165, 1.54) is 0 Å². The number of aromatic nitrogens is 5. The number of hydrogen-bond acceptors (Lipinski definition) is 6. The second-order valence-electron chi connectivity index (χ2n) is 9.10. The molecule has 0 aliphatic heterocycles. The van der Waals surface area contributed by atoms with Gasteiger partial charge in [0.2, 0.25) is 0 Å². The molecule has 0 saturated heterocycles. The summed E-state index contributed by atoms with van der Waals surface area (Å²) in [6, 6.07) is 9.90. The van der Waals surface area contributed by atoms with Gasteiger partial charge in [-0.25, -0.2) is 18.2 Å². The van der Waals surface area contributed by atoms with E-state index in [-0.39, 0.29) is 16.7 Å². The third kappa shape index (κ3) is 4.05. The monoisotopic (exact) mass is 476 g/mol. The summed E-state index contributed by atoms with van der Waals surface area (Å²) in [5, 5.41) is 8.89. The van der Waals surface area contributed by atoms with Gasteiger partial charge in [-0.2, -0.15) is 9.61 Å². The number of sulfone groups is 1. The predicted molar refractivity (Wildman–Crippen MR) is 130 cm³/mol. The van der Waals surface area contributed by atoms with Crippen LogP contribution in [0, 0.1) is 0 Å². The number of H-pyrrole nitrogens is 2. The van der Waals surface area contributed by atoms with Crippen LogP contribution < -0.4 is 21.7 Å². The molecular formula is C24H24N6O3S. The second kappa shape index (κ2) is 7.69. The smallest absolute Gasteiger partial charge is 0.323 e. The van der Waals surface area contributed by atoms with Crippen LogP contribution in [0.25, 0.3) is 29.6 Å². The Kier molecular flexibility index (Phi) is 4.73. The molecular weight excluding hydrogens is 452 g/mol. The van der Waals surface area contributed by atoms with Crippen LogP contribution in [0.15, 0.2) is 41.3 Å². The minimum atomic E-state index is -3.11. The molecule has 2 aliphatic carbocycles. The summed E-state index contributed by atoms with van der Waals surface area (Å²) in [7, 11) is -3.11. The number of anilines is 1. The fraction of sp³-hybridized carbons (Fsp3) is 0.292. The van der Waals surface area contributed by atoms with Crippen LogP contribution in [0.1, 0.15) is 36.8 Å². The van der Waals surface area contributed by atoms with Gasteiger partial charge in [-0.05, 0) is 43.4 Å². The zero-order chi connectivity index (χ0) is 23.4. The lowest BCUT2D eigenvalue weighted by molar-refractivity contribution is 0.594. The van der Waals surface area contributed by atoms with E-state index in [0.717, 1.165) is 48.2 Å². The van der Waals surface area contributed by atoms with Gasteiger partial charge in [0.1, 0.15) is 5.82 Å². The molecule has 2 aliphatic rings. The van der Waals surface area contributed by atoms with Crippen LogP contribution in [0.3, 0.4) is 0 Å². The lowest BCUT2D eigenvalue weighted by atomic mass is 10.1. The largest absolute Gasteiger partial charge is 0.367 e. The molecule has 0 amide bonds. The fourth-order valence-electron chi connectivity index (χ4n) is 4.08. The Hall–Kier alpha value is -3.66. The third-order valence-corrected chi connectivity index (χ3v) is 8.41. The number of imidazole rings is 1. The van der Waals surface area contributed by atoms with Crippen LogP contribution >= 0.6 is 0 Å². The van der Waals surface area contributed by atoms with Gasteiger partial charge in [-0.15, -0.1) is 0 Å². The number of benzene rings is 1. The van der Waals surface area contributed by atoms with E-state index >= 15 is 0 Å². The Morgan fingerprint density at radius 1 is 1.18 bits per heavy atom. The Bertz CT molecular complexity index is 1690. The van der Waals surface area contributed by atoms with Crippen molar-refractivity contribution in [2.45, 2.75) is 42.7 Å². The quantitative estimate of drug-likeness (QED) is 0.369. The van der Waals surface area contributed by atoms with E-state index in [4.69, 9.17) is 4.98 Å². The van der Waals surface area contributed by atoms with Crippen molar-refractivity contribution in [2.24, 2.45) is 0 Å². The Morgan fingerprint density at radius 2 is 2.00 bits per heavy atom. The molecule has 0 spiro atoms. The van der Waals surface area contributed by atoms with Crippen LogP contribution in [-0.2, 0) is 15.6 Å². The molecule has 3 N–H and O–H groups in total. The predicted octanol–water partition coefficient (Wildman–Crippen LogP) is 1.30. The third-order valence-electron chi connectivity index (χ3n) is 6.19. The number of hydrogen-bond donors (Lipinski definition) is 3. The number of nitrogens with one attached hydrogen (secondary N) is 3. The highest BCUT2D eigenvalue weighted by atomic mass is 32.2. The number of rotatable bonds is 7. The van der Waals surface area contributed by atoms with Gasteiger partial charge in [0.05, 0.1) is 33.6 Å². The number of aromatic amines is 2. The molecule has 2 saturated carbocycles. The maximum absolute atomic E-state index is 12.5. The Morgan fingerprint density at radius 3 is 2.71 bits per heavy atom. The van der Waals surface area contributed by atoms with Gasteiger partial charge >= 0.3 is 5.69 Å². The molecule has 10 heteroatoms. The first-order valence-corrected chi connectivity index (χ1v) is 13.0. The molecule has 3 heterocycles. The highest BCUT2D eigenvalue weighted by molar-refractivity contribution is 7.91. The summed E-state index contributed by atoms with van der Waals surface area (Å²) < 4.78 is 26.8. The van der Waals surface area contributed by atoms with Crippen molar-refractivity contribution >= 4 is 34.0 Å². The van der Waals surface area contributed by atoms with Gasteiger partial charge in [-0.3, -0.25) is 0 Å². The minimum absolute atomic E-state index is 0.0414. The van der Waals surface area contributed by atoms with E-state index < -0.39 is 9.84 Å². The van der Waals surface area contributed by atoms with Crippen LogP contribution in [0.5, 0.6) is 0 Å². The normalized spacial score (nSPS) is 16.9. The van der Waals surface area contributed by atoms with Crippen molar-refractivity contribution in [3.63, 3.8) is 0 Å². The molecule has 0 bridgehead atoms. The Labute approximate surface area is 195 Å². The van der Waals surface area contributed by atoms with Crippen LogP contribution in [0.2, 0.25) is 0 Å². The van der Waals surface area contributed by atoms with Gasteiger partial charge in [-0.1, -0.05) is 24.8 Å². The van der Waals surface area contributed by atoms with Crippen molar-refractivity contribution in [1.29, 1.82) is 0 Å². The molecule has 6 rings (SSSR count). The van der Waals surface area contributed by atoms with Crippen molar-refractivity contribution in [3.8, 4) is 11.3 Å². The zero-order valence-corrected chi connectivity index (χ0v) is 19.2. The molecule has 2 fully saturated rings. The lowest BCUT2D eigenvalue weighted by Crippen LogP contribution is -2.22. The highest BCUT2D eigenvalue weighted by Crippen LogP contribution is 2.32. The van der Waals surface area contributed by atoms with Gasteiger partial charge in [0.15, 0.2) is 15.5 Å². The minimum Gasteiger partial charge on any atom is -0.367 e. The first kappa shape index (κ1) is 20.9. The average molecular weight is 477 g/mol. The second-order valence-corrected chi connectivity index (χ2v) is 11.4. The molecule has 0 atom stereocenters. The molecule has 3 aromatic heterocycles. The Balaban J connectivity index is 1.46. The molecule has 0 unspecified atom stereocenters. The van der Waals surface area contributed by atoms with Crippen molar-refractivity contribution in [3.05, 3.63) is 68.8 Å². The summed E-state index contributed by atoms with van der Waals surface area (Å²) in [4.78, 5) is 21.9. The van der Waals surface area contributed by atoms with Crippen LogP contribution in [0.4, 0.5) is 5.82 Å². The van der Waals surface area contributed by atoms with Crippen molar-refractivity contribution < 1.29 is 8.42 Å². The first-order valence-electron chi connectivity index (χ1n) is 11.3. The van der Waals surface area contributed by atoms with E-state index in [2.05, 4.69) is 27.0 Å². The van der Waals surface area contributed by atoms with Gasteiger partial charge < -0.3 is 15.3 Å². The van der Waals surface area contributed by atoms with Gasteiger partial charge in [0.25, 0.3) is 0 Å². The van der Waals surface area contributed by atoms with E-state index in [1.807, 2.05) is 30.3 Å². The maximum Gasteiger partial charge on any atom is 0.323 e. The number of nitrogens with zero attached hydrogens (tertiary/aromatic N) is 3. The highest BCUT2D eigenvalue weighted by Gasteiger charge is 2.35. The SMILES string of the molecule is C=c1[nH]c(=O)[nH]/c1=C\c1cnn2c(NC3CC3)cc(-c3cccc(CS(=O)(=O)C4CC4)c3)nc12. The molecule has 4 aromatic rings.